The van der Waals surface area contributed by atoms with Crippen molar-refractivity contribution in [2.24, 2.45) is 0 Å². The van der Waals surface area contributed by atoms with Crippen LogP contribution < -0.4 is 4.90 Å². The van der Waals surface area contributed by atoms with Gasteiger partial charge in [0, 0.05) is 23.5 Å². The van der Waals surface area contributed by atoms with E-state index in [0.717, 1.165) is 34.7 Å². The molecular weight excluding hydrogens is 410 g/mol. The van der Waals surface area contributed by atoms with E-state index in [-0.39, 0.29) is 5.91 Å². The molecule has 0 spiro atoms. The average Bonchev–Trinajstić information content (AvgIpc) is 3.16. The van der Waals surface area contributed by atoms with Gasteiger partial charge in [0.15, 0.2) is 5.13 Å². The smallest absolute Gasteiger partial charge is 0.260 e. The molecule has 3 rings (SSSR count). The van der Waals surface area contributed by atoms with Crippen LogP contribution in [0.4, 0.5) is 5.13 Å². The van der Waals surface area contributed by atoms with Crippen molar-refractivity contribution in [2.45, 2.75) is 18.7 Å². The summed E-state index contributed by atoms with van der Waals surface area (Å²) in [7, 11) is 0. The third-order valence-electron chi connectivity index (χ3n) is 4.69. The molecule has 0 saturated carbocycles. The van der Waals surface area contributed by atoms with Gasteiger partial charge in [0.05, 0.1) is 9.72 Å². The fraction of sp³-hybridized carbons (Fsp3) is 0.333. The van der Waals surface area contributed by atoms with Crippen LogP contribution >= 0.6 is 34.7 Å². The van der Waals surface area contributed by atoms with Gasteiger partial charge in [-0.05, 0) is 49.7 Å². The van der Waals surface area contributed by atoms with E-state index in [1.807, 2.05) is 48.7 Å². The molecule has 1 heterocycles. The largest absolute Gasteiger partial charge is 0.302 e. The third-order valence-corrected chi connectivity index (χ3v) is 6.76. The number of thiazole rings is 1. The first-order valence-electron chi connectivity index (χ1n) is 9.30. The Kier molecular flexibility index (Phi) is 7.35. The van der Waals surface area contributed by atoms with Crippen LogP contribution in [-0.2, 0) is 0 Å². The summed E-state index contributed by atoms with van der Waals surface area (Å²) >= 11 is 9.45. The number of fused-ring (bicyclic) bond motifs is 1. The minimum atomic E-state index is -0.0294. The fourth-order valence-electron chi connectivity index (χ4n) is 3.00. The zero-order valence-corrected chi connectivity index (χ0v) is 18.7. The molecule has 0 atom stereocenters. The van der Waals surface area contributed by atoms with Crippen molar-refractivity contribution in [1.82, 2.24) is 9.88 Å². The van der Waals surface area contributed by atoms with E-state index < -0.39 is 0 Å². The van der Waals surface area contributed by atoms with Crippen molar-refractivity contribution in [1.29, 1.82) is 0 Å². The number of halogens is 1. The van der Waals surface area contributed by atoms with Gasteiger partial charge in [-0.15, -0.1) is 11.8 Å². The van der Waals surface area contributed by atoms with Crippen molar-refractivity contribution in [3.05, 3.63) is 53.1 Å². The first kappa shape index (κ1) is 21.1. The molecule has 0 fully saturated rings. The highest BCUT2D eigenvalue weighted by atomic mass is 35.5. The Labute approximate surface area is 179 Å². The van der Waals surface area contributed by atoms with Gasteiger partial charge < -0.3 is 4.90 Å². The monoisotopic (exact) mass is 433 g/mol. The van der Waals surface area contributed by atoms with Crippen molar-refractivity contribution in [2.75, 3.05) is 37.3 Å². The van der Waals surface area contributed by atoms with Crippen LogP contribution in [0.2, 0.25) is 5.02 Å². The lowest BCUT2D eigenvalue weighted by Crippen LogP contribution is -2.38. The number of para-hydroxylation sites is 1. The quantitative estimate of drug-likeness (QED) is 0.429. The summed E-state index contributed by atoms with van der Waals surface area (Å²) in [6, 6.07) is 13.5. The number of rotatable bonds is 8. The predicted octanol–water partition coefficient (Wildman–Crippen LogP) is 5.66. The SMILES string of the molecule is CCN(CC)CCN(C(=O)c1cccc(SC)c1)c1nc2c(Cl)cccc2s1. The number of likely N-dealkylation sites (N-methyl/N-ethyl adjacent to an activating group) is 1. The van der Waals surface area contributed by atoms with Crippen LogP contribution in [-0.4, -0.2) is 48.2 Å². The number of hydrogen-bond acceptors (Lipinski definition) is 5. The van der Waals surface area contributed by atoms with Gasteiger partial charge in [0.2, 0.25) is 0 Å². The highest BCUT2D eigenvalue weighted by Gasteiger charge is 2.22. The maximum absolute atomic E-state index is 13.4. The van der Waals surface area contributed by atoms with Crippen LogP contribution in [0.5, 0.6) is 0 Å². The van der Waals surface area contributed by atoms with Gasteiger partial charge in [-0.2, -0.15) is 0 Å². The number of amides is 1. The lowest BCUT2D eigenvalue weighted by molar-refractivity contribution is 0.0983. The first-order valence-corrected chi connectivity index (χ1v) is 11.7. The molecule has 7 heteroatoms. The molecule has 0 aliphatic heterocycles. The predicted molar refractivity (Wildman–Crippen MR) is 122 cm³/mol. The molecule has 0 N–H and O–H groups in total. The summed E-state index contributed by atoms with van der Waals surface area (Å²) in [5.74, 6) is -0.0294. The third kappa shape index (κ3) is 4.69. The molecule has 3 aromatic rings. The number of benzene rings is 2. The van der Waals surface area contributed by atoms with Crippen LogP contribution in [0.3, 0.4) is 0 Å². The van der Waals surface area contributed by atoms with Gasteiger partial charge in [-0.25, -0.2) is 4.98 Å². The molecule has 0 bridgehead atoms. The van der Waals surface area contributed by atoms with Gasteiger partial charge in [-0.1, -0.05) is 48.9 Å². The number of aromatic nitrogens is 1. The minimum absolute atomic E-state index is 0.0294. The van der Waals surface area contributed by atoms with Gasteiger partial charge in [0.1, 0.15) is 5.52 Å². The molecule has 0 aliphatic carbocycles. The van der Waals surface area contributed by atoms with Crippen LogP contribution in [0, 0.1) is 0 Å². The molecule has 148 valence electrons. The summed E-state index contributed by atoms with van der Waals surface area (Å²) in [5.41, 5.74) is 1.43. The topological polar surface area (TPSA) is 36.4 Å². The molecule has 1 aromatic heterocycles. The van der Waals surface area contributed by atoms with E-state index in [4.69, 9.17) is 16.6 Å². The van der Waals surface area contributed by atoms with Crippen molar-refractivity contribution in [3.8, 4) is 0 Å². The van der Waals surface area contributed by atoms with E-state index in [2.05, 4.69) is 18.7 Å². The summed E-state index contributed by atoms with van der Waals surface area (Å²) in [6.07, 6.45) is 2.01. The van der Waals surface area contributed by atoms with E-state index >= 15 is 0 Å². The van der Waals surface area contributed by atoms with E-state index in [1.54, 1.807) is 16.7 Å². The lowest BCUT2D eigenvalue weighted by Gasteiger charge is -2.24. The Bertz CT molecular complexity index is 956. The number of nitrogens with zero attached hydrogens (tertiary/aromatic N) is 3. The van der Waals surface area contributed by atoms with Crippen LogP contribution in [0.1, 0.15) is 24.2 Å². The molecule has 28 heavy (non-hydrogen) atoms. The first-order chi connectivity index (χ1) is 13.6. The van der Waals surface area contributed by atoms with Crippen molar-refractivity contribution in [3.63, 3.8) is 0 Å². The maximum Gasteiger partial charge on any atom is 0.260 e. The van der Waals surface area contributed by atoms with Gasteiger partial charge in [0.25, 0.3) is 5.91 Å². The van der Waals surface area contributed by atoms with Gasteiger partial charge >= 0.3 is 0 Å². The second-order valence-electron chi connectivity index (χ2n) is 6.30. The number of hydrogen-bond donors (Lipinski definition) is 0. The van der Waals surface area contributed by atoms with E-state index in [0.29, 0.717) is 22.3 Å². The highest BCUT2D eigenvalue weighted by molar-refractivity contribution is 7.98. The Morgan fingerprint density at radius 2 is 1.89 bits per heavy atom. The molecule has 4 nitrogen and oxygen atoms in total. The molecular formula is C21H24ClN3OS2. The number of anilines is 1. The summed E-state index contributed by atoms with van der Waals surface area (Å²) in [4.78, 5) is 23.3. The second kappa shape index (κ2) is 9.74. The lowest BCUT2D eigenvalue weighted by atomic mass is 10.2. The zero-order chi connectivity index (χ0) is 20.1. The Hall–Kier alpha value is -1.60. The summed E-state index contributed by atoms with van der Waals surface area (Å²) in [6.45, 7) is 7.55. The molecule has 0 unspecified atom stereocenters. The summed E-state index contributed by atoms with van der Waals surface area (Å²) < 4.78 is 0.987. The van der Waals surface area contributed by atoms with Crippen molar-refractivity contribution < 1.29 is 4.79 Å². The normalized spacial score (nSPS) is 11.3. The fourth-order valence-corrected chi connectivity index (χ4v) is 4.75. The Morgan fingerprint density at radius 3 is 2.57 bits per heavy atom. The molecule has 0 radical (unpaired) electrons. The number of carbonyl (C=O) groups excluding carboxylic acids is 1. The number of carbonyl (C=O) groups is 1. The standard InChI is InChI=1S/C21H24ClN3OS2/c1-4-24(5-2)12-13-25(20(26)15-8-6-9-16(14-15)27-3)21-23-19-17(22)10-7-11-18(19)28-21/h6-11,14H,4-5,12-13H2,1-3H3. The summed E-state index contributed by atoms with van der Waals surface area (Å²) in [5, 5.41) is 1.30. The second-order valence-corrected chi connectivity index (χ2v) is 8.59. The Balaban J connectivity index is 1.97. The molecule has 0 aliphatic rings. The van der Waals surface area contributed by atoms with Gasteiger partial charge in [-0.3, -0.25) is 9.69 Å². The van der Waals surface area contributed by atoms with E-state index in [1.165, 1.54) is 11.3 Å². The van der Waals surface area contributed by atoms with Crippen LogP contribution in [0.15, 0.2) is 47.4 Å². The molecule has 2 aromatic carbocycles. The maximum atomic E-state index is 13.4. The average molecular weight is 434 g/mol. The minimum Gasteiger partial charge on any atom is -0.302 e. The highest BCUT2D eigenvalue weighted by Crippen LogP contribution is 2.33. The Morgan fingerprint density at radius 1 is 1.14 bits per heavy atom. The van der Waals surface area contributed by atoms with Crippen molar-refractivity contribution >= 4 is 56.0 Å². The van der Waals surface area contributed by atoms with Crippen LogP contribution in [0.25, 0.3) is 10.2 Å². The van der Waals surface area contributed by atoms with E-state index in [9.17, 15) is 4.79 Å². The zero-order valence-electron chi connectivity index (χ0n) is 16.3. The number of thioether (sulfide) groups is 1. The molecule has 1 amide bonds. The molecule has 0 saturated heterocycles.